The molecule has 24 heavy (non-hydrogen) atoms. The standard InChI is InChI=1S/C20H32O4/c1-15(9-6-10-17-13-19(22)24-14-17)7-5-8-16(2)11-12-18(21)20(3,4)23/h8-9,13,18,21,23H,5-7,10-12,14H2,1-4H3/b15-9+,16-8+/t18-/m1/s1. The molecule has 0 spiro atoms. The molecule has 0 unspecified atom stereocenters. The molecule has 1 atom stereocenters. The second-order valence-corrected chi connectivity index (χ2v) is 7.30. The Morgan fingerprint density at radius 3 is 2.46 bits per heavy atom. The quantitative estimate of drug-likeness (QED) is 0.470. The highest BCUT2D eigenvalue weighted by molar-refractivity contribution is 5.85. The number of aliphatic hydroxyl groups is 2. The lowest BCUT2D eigenvalue weighted by molar-refractivity contribution is -0.134. The van der Waals surface area contributed by atoms with E-state index in [1.807, 2.05) is 0 Å². The number of allylic oxidation sites excluding steroid dienone is 4. The lowest BCUT2D eigenvalue weighted by Gasteiger charge is -2.24. The SMILES string of the molecule is C/C(=C\CCC1=CC(=O)OC1)CC/C=C(\C)CC[C@@H](O)C(C)(C)O. The first-order valence-corrected chi connectivity index (χ1v) is 8.76. The predicted molar refractivity (Wildman–Crippen MR) is 96.6 cm³/mol. The third kappa shape index (κ3) is 8.46. The Kier molecular flexibility index (Phi) is 8.43. The first-order valence-electron chi connectivity index (χ1n) is 8.76. The smallest absolute Gasteiger partial charge is 0.331 e. The van der Waals surface area contributed by atoms with Crippen LogP contribution < -0.4 is 0 Å². The van der Waals surface area contributed by atoms with Gasteiger partial charge in [-0.05, 0) is 71.8 Å². The van der Waals surface area contributed by atoms with Crippen LogP contribution >= 0.6 is 0 Å². The van der Waals surface area contributed by atoms with E-state index in [1.165, 1.54) is 11.1 Å². The molecule has 2 N–H and O–H groups in total. The van der Waals surface area contributed by atoms with E-state index >= 15 is 0 Å². The van der Waals surface area contributed by atoms with Gasteiger partial charge in [0.2, 0.25) is 0 Å². The van der Waals surface area contributed by atoms with Crippen LogP contribution in [0.15, 0.2) is 34.9 Å². The summed E-state index contributed by atoms with van der Waals surface area (Å²) in [6, 6.07) is 0. The van der Waals surface area contributed by atoms with Crippen LogP contribution in [-0.4, -0.2) is 34.5 Å². The van der Waals surface area contributed by atoms with Gasteiger partial charge in [-0.2, -0.15) is 0 Å². The fourth-order valence-corrected chi connectivity index (χ4v) is 2.53. The molecule has 0 aromatic carbocycles. The third-order valence-corrected chi connectivity index (χ3v) is 4.34. The van der Waals surface area contributed by atoms with E-state index in [-0.39, 0.29) is 5.97 Å². The van der Waals surface area contributed by atoms with Gasteiger partial charge in [0, 0.05) is 6.08 Å². The summed E-state index contributed by atoms with van der Waals surface area (Å²) in [6.07, 6.45) is 10.5. The Morgan fingerprint density at radius 2 is 1.88 bits per heavy atom. The molecule has 1 heterocycles. The monoisotopic (exact) mass is 336 g/mol. The lowest BCUT2D eigenvalue weighted by atomic mass is 9.95. The maximum Gasteiger partial charge on any atom is 0.331 e. The zero-order valence-corrected chi connectivity index (χ0v) is 15.5. The summed E-state index contributed by atoms with van der Waals surface area (Å²) in [7, 11) is 0. The van der Waals surface area contributed by atoms with Crippen molar-refractivity contribution < 1.29 is 19.7 Å². The molecule has 0 radical (unpaired) electrons. The molecule has 0 fully saturated rings. The minimum atomic E-state index is -1.04. The topological polar surface area (TPSA) is 66.8 Å². The summed E-state index contributed by atoms with van der Waals surface area (Å²) in [4.78, 5) is 11.0. The van der Waals surface area contributed by atoms with Crippen molar-refractivity contribution in [3.63, 3.8) is 0 Å². The Balaban J connectivity index is 2.23. The minimum absolute atomic E-state index is 0.221. The van der Waals surface area contributed by atoms with Crippen LogP contribution in [0.2, 0.25) is 0 Å². The number of carbonyl (C=O) groups is 1. The molecule has 1 aliphatic heterocycles. The van der Waals surface area contributed by atoms with E-state index in [4.69, 9.17) is 4.74 Å². The van der Waals surface area contributed by atoms with Crippen LogP contribution in [0.3, 0.4) is 0 Å². The molecule has 0 aromatic heterocycles. The van der Waals surface area contributed by atoms with Crippen LogP contribution in [0.5, 0.6) is 0 Å². The molecule has 0 aromatic rings. The molecule has 0 bridgehead atoms. The van der Waals surface area contributed by atoms with Crippen molar-refractivity contribution in [3.05, 3.63) is 34.9 Å². The summed E-state index contributed by atoms with van der Waals surface area (Å²) < 4.78 is 4.88. The second kappa shape index (κ2) is 9.80. The van der Waals surface area contributed by atoms with Crippen molar-refractivity contribution in [1.29, 1.82) is 0 Å². The Morgan fingerprint density at radius 1 is 1.25 bits per heavy atom. The van der Waals surface area contributed by atoms with Gasteiger partial charge in [0.15, 0.2) is 0 Å². The first kappa shape index (κ1) is 20.7. The van der Waals surface area contributed by atoms with Gasteiger partial charge in [0.05, 0.1) is 11.7 Å². The Bertz CT molecular complexity index is 506. The highest BCUT2D eigenvalue weighted by Gasteiger charge is 2.23. The van der Waals surface area contributed by atoms with Crippen molar-refractivity contribution in [1.82, 2.24) is 0 Å². The van der Waals surface area contributed by atoms with Gasteiger partial charge in [-0.25, -0.2) is 4.79 Å². The van der Waals surface area contributed by atoms with Crippen molar-refractivity contribution in [2.75, 3.05) is 6.61 Å². The maximum atomic E-state index is 11.0. The molecule has 4 nitrogen and oxygen atoms in total. The van der Waals surface area contributed by atoms with Gasteiger partial charge in [-0.1, -0.05) is 23.3 Å². The summed E-state index contributed by atoms with van der Waals surface area (Å²) in [5.74, 6) is -0.221. The minimum Gasteiger partial charge on any atom is -0.458 e. The van der Waals surface area contributed by atoms with Gasteiger partial charge < -0.3 is 14.9 Å². The zero-order chi connectivity index (χ0) is 18.2. The fraction of sp³-hybridized carbons (Fsp3) is 0.650. The highest BCUT2D eigenvalue weighted by atomic mass is 16.5. The lowest BCUT2D eigenvalue weighted by Crippen LogP contribution is -2.35. The first-order chi connectivity index (χ1) is 11.2. The number of carbonyl (C=O) groups excluding carboxylic acids is 1. The van der Waals surface area contributed by atoms with Gasteiger partial charge >= 0.3 is 5.97 Å². The van der Waals surface area contributed by atoms with Crippen molar-refractivity contribution in [3.8, 4) is 0 Å². The number of hydrogen-bond donors (Lipinski definition) is 2. The number of hydrogen-bond acceptors (Lipinski definition) is 4. The molecule has 1 aliphatic rings. The molecule has 1 rings (SSSR count). The Hall–Kier alpha value is -1.39. The molecule has 136 valence electrons. The summed E-state index contributed by atoms with van der Waals surface area (Å²) in [5.41, 5.74) is 2.63. The van der Waals surface area contributed by atoms with Crippen LogP contribution in [-0.2, 0) is 9.53 Å². The molecule has 4 heteroatoms. The van der Waals surface area contributed by atoms with Crippen LogP contribution in [0, 0.1) is 0 Å². The molecule has 0 amide bonds. The highest BCUT2D eigenvalue weighted by Crippen LogP contribution is 2.18. The summed E-state index contributed by atoms with van der Waals surface area (Å²) >= 11 is 0. The van der Waals surface area contributed by atoms with Crippen LogP contribution in [0.4, 0.5) is 0 Å². The van der Waals surface area contributed by atoms with Crippen molar-refractivity contribution in [2.24, 2.45) is 0 Å². The average Bonchev–Trinajstić information content (AvgIpc) is 2.89. The summed E-state index contributed by atoms with van der Waals surface area (Å²) in [6.45, 7) is 7.92. The molecule has 0 aliphatic carbocycles. The second-order valence-electron chi connectivity index (χ2n) is 7.30. The fourth-order valence-electron chi connectivity index (χ4n) is 2.53. The van der Waals surface area contributed by atoms with E-state index in [2.05, 4.69) is 26.0 Å². The van der Waals surface area contributed by atoms with E-state index < -0.39 is 11.7 Å². The maximum absolute atomic E-state index is 11.0. The van der Waals surface area contributed by atoms with E-state index in [9.17, 15) is 15.0 Å². The number of rotatable bonds is 10. The van der Waals surface area contributed by atoms with Crippen LogP contribution in [0.25, 0.3) is 0 Å². The van der Waals surface area contributed by atoms with Crippen molar-refractivity contribution in [2.45, 2.75) is 77.9 Å². The van der Waals surface area contributed by atoms with E-state index in [0.29, 0.717) is 13.0 Å². The normalized spacial score (nSPS) is 17.8. The summed E-state index contributed by atoms with van der Waals surface area (Å²) in [5, 5.41) is 19.5. The van der Waals surface area contributed by atoms with E-state index in [1.54, 1.807) is 19.9 Å². The van der Waals surface area contributed by atoms with Gasteiger partial charge in [-0.3, -0.25) is 0 Å². The predicted octanol–water partition coefficient (Wildman–Crippen LogP) is 3.83. The molecular formula is C20H32O4. The van der Waals surface area contributed by atoms with Gasteiger partial charge in [0.1, 0.15) is 6.61 Å². The third-order valence-electron chi connectivity index (χ3n) is 4.34. The molecule has 0 saturated heterocycles. The largest absolute Gasteiger partial charge is 0.458 e. The zero-order valence-electron chi connectivity index (χ0n) is 15.5. The Labute approximate surface area is 145 Å². The van der Waals surface area contributed by atoms with Crippen LogP contribution in [0.1, 0.15) is 66.2 Å². The average molecular weight is 336 g/mol. The van der Waals surface area contributed by atoms with Gasteiger partial charge in [0.25, 0.3) is 0 Å². The molecule has 0 saturated carbocycles. The number of ether oxygens (including phenoxy) is 1. The number of esters is 1. The van der Waals surface area contributed by atoms with Gasteiger partial charge in [-0.15, -0.1) is 0 Å². The number of aliphatic hydroxyl groups excluding tert-OH is 1. The molecular weight excluding hydrogens is 304 g/mol. The van der Waals surface area contributed by atoms with Crippen molar-refractivity contribution >= 4 is 5.97 Å². The number of cyclic esters (lactones) is 1. The van der Waals surface area contributed by atoms with E-state index in [0.717, 1.165) is 37.7 Å².